The van der Waals surface area contributed by atoms with Gasteiger partial charge < -0.3 is 0 Å². The molecule has 2 nitrogen and oxygen atoms in total. The summed E-state index contributed by atoms with van der Waals surface area (Å²) in [5.74, 6) is -0.781. The van der Waals surface area contributed by atoms with E-state index in [1.54, 1.807) is 0 Å². The predicted octanol–water partition coefficient (Wildman–Crippen LogP) is 3.51. The summed E-state index contributed by atoms with van der Waals surface area (Å²) in [6.07, 6.45) is 0. The predicted molar refractivity (Wildman–Crippen MR) is 49.1 cm³/mol. The molecule has 12 heavy (non-hydrogen) atoms. The van der Waals surface area contributed by atoms with E-state index in [1.165, 1.54) is 0 Å². The molecule has 0 fully saturated rings. The molecule has 0 atom stereocenters. The molecule has 0 bridgehead atoms. The second kappa shape index (κ2) is 4.05. The molecule has 0 saturated carbocycles. The minimum Gasteiger partial charge on any atom is -0.219 e. The van der Waals surface area contributed by atoms with Crippen molar-refractivity contribution in [2.45, 2.75) is 4.84 Å². The summed E-state index contributed by atoms with van der Waals surface area (Å²) in [4.78, 5) is 5.94. The third-order valence-corrected chi connectivity index (χ3v) is 2.33. The zero-order valence-electron chi connectivity index (χ0n) is 5.36. The maximum Gasteiger partial charge on any atom is 0.231 e. The van der Waals surface area contributed by atoms with E-state index in [1.807, 2.05) is 0 Å². The Hall–Kier alpha value is 0.360. The van der Waals surface area contributed by atoms with Crippen LogP contribution in [-0.2, 0) is 0 Å². The van der Waals surface area contributed by atoms with E-state index in [9.17, 15) is 4.39 Å². The molecule has 0 saturated heterocycles. The quantitative estimate of drug-likeness (QED) is 0.450. The Bertz CT molecular complexity index is 307. The van der Waals surface area contributed by atoms with Gasteiger partial charge in [0.05, 0.1) is 10.2 Å². The summed E-state index contributed by atoms with van der Waals surface area (Å²) < 4.78 is 12.8. The lowest BCUT2D eigenvalue weighted by Gasteiger charge is -2.03. The molecule has 1 aromatic heterocycles. The lowest BCUT2D eigenvalue weighted by atomic mass is 10.4. The van der Waals surface area contributed by atoms with Crippen molar-refractivity contribution in [3.05, 3.63) is 21.4 Å². The minimum absolute atomic E-state index is 0.0295. The summed E-state index contributed by atoms with van der Waals surface area (Å²) in [6, 6.07) is 0. The molecule has 0 amide bonds. The monoisotopic (exact) mass is 292 g/mol. The standard InChI is InChI=1S/C5HBrCl3FN2/c6-1-2(3(7)8)11-5(9)12-4(1)10/h3H. The smallest absolute Gasteiger partial charge is 0.219 e. The summed E-state index contributed by atoms with van der Waals surface area (Å²) in [5.41, 5.74) is 0.121. The zero-order valence-corrected chi connectivity index (χ0v) is 9.22. The van der Waals surface area contributed by atoms with Crippen LogP contribution in [0.15, 0.2) is 4.47 Å². The van der Waals surface area contributed by atoms with E-state index in [2.05, 4.69) is 25.9 Å². The molecule has 1 rings (SSSR count). The summed E-state index contributed by atoms with van der Waals surface area (Å²) in [5, 5.41) is -0.225. The molecule has 0 unspecified atom stereocenters. The van der Waals surface area contributed by atoms with E-state index < -0.39 is 10.8 Å². The van der Waals surface area contributed by atoms with Gasteiger partial charge in [0.25, 0.3) is 0 Å². The van der Waals surface area contributed by atoms with Gasteiger partial charge in [0.1, 0.15) is 0 Å². The Balaban J connectivity index is 3.28. The second-order valence-electron chi connectivity index (χ2n) is 1.78. The first-order valence-electron chi connectivity index (χ1n) is 2.69. The molecule has 0 aliphatic heterocycles. The first-order chi connectivity index (χ1) is 5.52. The molecule has 0 spiro atoms. The van der Waals surface area contributed by atoms with Crippen LogP contribution in [-0.4, -0.2) is 9.97 Å². The van der Waals surface area contributed by atoms with Crippen LogP contribution in [0.4, 0.5) is 4.39 Å². The molecule has 1 heterocycles. The number of halogens is 5. The van der Waals surface area contributed by atoms with E-state index in [-0.39, 0.29) is 15.5 Å². The lowest BCUT2D eigenvalue weighted by Crippen LogP contribution is -1.97. The first kappa shape index (κ1) is 10.4. The molecule has 7 heteroatoms. The fourth-order valence-corrected chi connectivity index (χ4v) is 1.70. The Morgan fingerprint density at radius 1 is 1.33 bits per heavy atom. The van der Waals surface area contributed by atoms with Gasteiger partial charge in [-0.15, -0.1) is 0 Å². The lowest BCUT2D eigenvalue weighted by molar-refractivity contribution is 0.569. The van der Waals surface area contributed by atoms with Crippen molar-refractivity contribution in [1.82, 2.24) is 9.97 Å². The van der Waals surface area contributed by atoms with Crippen molar-refractivity contribution >= 4 is 50.7 Å². The average molecular weight is 294 g/mol. The molecule has 0 aliphatic rings. The molecular formula is C5HBrCl3FN2. The second-order valence-corrected chi connectivity index (χ2v) is 4.01. The highest BCUT2D eigenvalue weighted by Crippen LogP contribution is 2.31. The van der Waals surface area contributed by atoms with Gasteiger partial charge in [-0.1, -0.05) is 23.2 Å². The maximum atomic E-state index is 12.8. The minimum atomic E-state index is -0.936. The van der Waals surface area contributed by atoms with Gasteiger partial charge in [-0.2, -0.15) is 9.37 Å². The molecule has 1 aromatic rings. The summed E-state index contributed by atoms with van der Waals surface area (Å²) in [6.45, 7) is 0. The molecule has 0 aliphatic carbocycles. The van der Waals surface area contributed by atoms with Crippen molar-refractivity contribution in [1.29, 1.82) is 0 Å². The van der Waals surface area contributed by atoms with Crippen LogP contribution in [0.5, 0.6) is 0 Å². The van der Waals surface area contributed by atoms with Gasteiger partial charge in [0.15, 0.2) is 4.84 Å². The number of hydrogen-bond acceptors (Lipinski definition) is 2. The molecule has 0 N–H and O–H groups in total. The molecule has 66 valence electrons. The van der Waals surface area contributed by atoms with Crippen LogP contribution in [0, 0.1) is 5.95 Å². The van der Waals surface area contributed by atoms with Crippen LogP contribution in [0.25, 0.3) is 0 Å². The van der Waals surface area contributed by atoms with Gasteiger partial charge in [-0.25, -0.2) is 4.98 Å². The summed E-state index contributed by atoms with van der Waals surface area (Å²) in [7, 11) is 0. The van der Waals surface area contributed by atoms with Gasteiger partial charge in [-0.05, 0) is 27.5 Å². The zero-order chi connectivity index (χ0) is 9.30. The van der Waals surface area contributed by atoms with E-state index in [0.29, 0.717) is 0 Å². The van der Waals surface area contributed by atoms with Crippen molar-refractivity contribution in [3.8, 4) is 0 Å². The van der Waals surface area contributed by atoms with E-state index >= 15 is 0 Å². The van der Waals surface area contributed by atoms with Crippen LogP contribution >= 0.6 is 50.7 Å². The molecular weight excluding hydrogens is 293 g/mol. The number of alkyl halides is 2. The number of aromatic nitrogens is 2. The maximum absolute atomic E-state index is 12.8. The SMILES string of the molecule is Fc1nc(Cl)nc(C(Cl)Cl)c1Br. The number of hydrogen-bond donors (Lipinski definition) is 0. The van der Waals surface area contributed by atoms with Crippen molar-refractivity contribution in [2.75, 3.05) is 0 Å². The van der Waals surface area contributed by atoms with Gasteiger partial charge in [0.2, 0.25) is 11.2 Å². The highest BCUT2D eigenvalue weighted by atomic mass is 79.9. The van der Waals surface area contributed by atoms with Crippen LogP contribution in [0.1, 0.15) is 10.5 Å². The number of nitrogens with zero attached hydrogens (tertiary/aromatic N) is 2. The fourth-order valence-electron chi connectivity index (χ4n) is 0.554. The Morgan fingerprint density at radius 3 is 2.42 bits per heavy atom. The molecule has 0 aromatic carbocycles. The van der Waals surface area contributed by atoms with Crippen molar-refractivity contribution < 1.29 is 4.39 Å². The van der Waals surface area contributed by atoms with Gasteiger partial charge in [0, 0.05) is 0 Å². The Labute approximate surface area is 91.2 Å². The van der Waals surface area contributed by atoms with E-state index in [4.69, 9.17) is 34.8 Å². The largest absolute Gasteiger partial charge is 0.231 e. The van der Waals surface area contributed by atoms with Gasteiger partial charge >= 0.3 is 0 Å². The molecule has 0 radical (unpaired) electrons. The fraction of sp³-hybridized carbons (Fsp3) is 0.200. The third-order valence-electron chi connectivity index (χ3n) is 1.02. The summed E-state index contributed by atoms with van der Waals surface area (Å²) >= 11 is 19.2. The van der Waals surface area contributed by atoms with Gasteiger partial charge in [-0.3, -0.25) is 0 Å². The van der Waals surface area contributed by atoms with Crippen LogP contribution < -0.4 is 0 Å². The first-order valence-corrected chi connectivity index (χ1v) is 4.73. The third kappa shape index (κ3) is 2.19. The Kier molecular flexibility index (Phi) is 3.52. The number of rotatable bonds is 1. The van der Waals surface area contributed by atoms with Crippen LogP contribution in [0.3, 0.4) is 0 Å². The van der Waals surface area contributed by atoms with Crippen LogP contribution in [0.2, 0.25) is 5.28 Å². The average Bonchev–Trinajstić information content (AvgIpc) is 1.96. The van der Waals surface area contributed by atoms with Crippen molar-refractivity contribution in [3.63, 3.8) is 0 Å². The Morgan fingerprint density at radius 2 is 1.92 bits per heavy atom. The van der Waals surface area contributed by atoms with E-state index in [0.717, 1.165) is 0 Å². The normalized spacial score (nSPS) is 10.8. The highest BCUT2D eigenvalue weighted by Gasteiger charge is 2.16. The topological polar surface area (TPSA) is 25.8 Å². The van der Waals surface area contributed by atoms with Crippen molar-refractivity contribution in [2.24, 2.45) is 0 Å². The highest BCUT2D eigenvalue weighted by molar-refractivity contribution is 9.10.